The zero-order chi connectivity index (χ0) is 16.1. The highest BCUT2D eigenvalue weighted by molar-refractivity contribution is 6.42. The highest BCUT2D eigenvalue weighted by Crippen LogP contribution is 2.25. The van der Waals surface area contributed by atoms with Crippen LogP contribution in [0.2, 0.25) is 10.0 Å². The van der Waals surface area contributed by atoms with E-state index in [1.807, 2.05) is 0 Å². The van der Waals surface area contributed by atoms with E-state index < -0.39 is 6.03 Å². The molecule has 0 spiro atoms. The van der Waals surface area contributed by atoms with Gasteiger partial charge in [0, 0.05) is 11.3 Å². The van der Waals surface area contributed by atoms with Crippen LogP contribution < -0.4 is 16.4 Å². The topological polar surface area (TPSA) is 84.2 Å². The molecule has 0 bridgehead atoms. The van der Waals surface area contributed by atoms with Crippen LogP contribution in [-0.4, -0.2) is 18.4 Å². The molecule has 0 radical (unpaired) electrons. The second-order valence-corrected chi connectivity index (χ2v) is 5.20. The van der Waals surface area contributed by atoms with Gasteiger partial charge >= 0.3 is 6.03 Å². The summed E-state index contributed by atoms with van der Waals surface area (Å²) < 4.78 is 0. The van der Waals surface area contributed by atoms with Gasteiger partial charge in [0.1, 0.15) is 0 Å². The number of halogens is 2. The van der Waals surface area contributed by atoms with Crippen molar-refractivity contribution in [2.45, 2.75) is 0 Å². The number of rotatable bonds is 4. The summed E-state index contributed by atoms with van der Waals surface area (Å²) in [7, 11) is 0. The van der Waals surface area contributed by atoms with Gasteiger partial charge in [-0.1, -0.05) is 35.3 Å². The Bertz CT molecular complexity index is 720. The summed E-state index contributed by atoms with van der Waals surface area (Å²) >= 11 is 11.7. The fourth-order valence-corrected chi connectivity index (χ4v) is 2.10. The molecule has 0 atom stereocenters. The number of ketones is 1. The van der Waals surface area contributed by atoms with Crippen molar-refractivity contribution in [1.29, 1.82) is 0 Å². The lowest BCUT2D eigenvalue weighted by Crippen LogP contribution is -2.22. The fourth-order valence-electron chi connectivity index (χ4n) is 1.80. The molecule has 5 nitrogen and oxygen atoms in total. The number of carbonyl (C=O) groups excluding carboxylic acids is 2. The molecular formula is C15H13Cl2N3O2. The molecule has 0 unspecified atom stereocenters. The van der Waals surface area contributed by atoms with Crippen LogP contribution in [0.3, 0.4) is 0 Å². The molecule has 0 saturated carbocycles. The molecule has 4 N–H and O–H groups in total. The number of anilines is 2. The number of nitrogens with two attached hydrogens (primary N) is 1. The highest BCUT2D eigenvalue weighted by Gasteiger charge is 2.12. The molecule has 0 aliphatic rings. The van der Waals surface area contributed by atoms with Crippen LogP contribution in [0.5, 0.6) is 0 Å². The summed E-state index contributed by atoms with van der Waals surface area (Å²) in [5.74, 6) is -0.259. The molecule has 2 aromatic rings. The predicted molar refractivity (Wildman–Crippen MR) is 88.9 cm³/mol. The van der Waals surface area contributed by atoms with Crippen molar-refractivity contribution in [1.82, 2.24) is 0 Å². The molecule has 2 rings (SSSR count). The van der Waals surface area contributed by atoms with Gasteiger partial charge in [-0.3, -0.25) is 4.79 Å². The third-order valence-electron chi connectivity index (χ3n) is 2.84. The minimum Gasteiger partial charge on any atom is -0.324 e. The van der Waals surface area contributed by atoms with E-state index in [4.69, 9.17) is 28.9 Å². The van der Waals surface area contributed by atoms with Crippen LogP contribution in [0.4, 0.5) is 16.2 Å². The second kappa shape index (κ2) is 7.26. The van der Waals surface area contributed by atoms with Crippen LogP contribution in [0.25, 0.3) is 0 Å². The van der Waals surface area contributed by atoms with E-state index in [0.29, 0.717) is 27.0 Å². The summed E-state index contributed by atoms with van der Waals surface area (Å²) in [4.78, 5) is 23.7. The molecule has 0 heterocycles. The number of benzene rings is 2. The Morgan fingerprint density at radius 3 is 2.41 bits per heavy atom. The van der Waals surface area contributed by atoms with Crippen molar-refractivity contribution in [3.63, 3.8) is 0 Å². The SMILES string of the molecule is NCC(=O)c1ccccc1NC(=O)Nc1ccc(Cl)c(Cl)c1. The maximum atomic E-state index is 12.0. The zero-order valence-corrected chi connectivity index (χ0v) is 12.9. The van der Waals surface area contributed by atoms with Crippen molar-refractivity contribution >= 4 is 46.4 Å². The van der Waals surface area contributed by atoms with Gasteiger partial charge in [0.2, 0.25) is 0 Å². The first-order chi connectivity index (χ1) is 10.5. The Morgan fingerprint density at radius 1 is 1.00 bits per heavy atom. The van der Waals surface area contributed by atoms with Crippen molar-refractivity contribution < 1.29 is 9.59 Å². The molecule has 2 amide bonds. The van der Waals surface area contributed by atoms with Crippen LogP contribution in [0, 0.1) is 0 Å². The lowest BCUT2D eigenvalue weighted by atomic mass is 10.1. The number of hydrogen-bond acceptors (Lipinski definition) is 3. The first kappa shape index (κ1) is 16.3. The molecule has 0 saturated heterocycles. The number of carbonyl (C=O) groups is 2. The molecule has 0 fully saturated rings. The summed E-state index contributed by atoms with van der Waals surface area (Å²) in [5, 5.41) is 5.94. The average Bonchev–Trinajstić information content (AvgIpc) is 2.50. The van der Waals surface area contributed by atoms with Crippen LogP contribution >= 0.6 is 23.2 Å². The highest BCUT2D eigenvalue weighted by atomic mass is 35.5. The number of para-hydroxylation sites is 1. The minimum atomic E-state index is -0.504. The summed E-state index contributed by atoms with van der Waals surface area (Å²) in [6.07, 6.45) is 0. The standard InChI is InChI=1S/C15H13Cl2N3O2/c16-11-6-5-9(7-12(11)17)19-15(22)20-13-4-2-1-3-10(13)14(21)8-18/h1-7H,8,18H2,(H2,19,20,22). The monoisotopic (exact) mass is 337 g/mol. The quantitative estimate of drug-likeness (QED) is 0.742. The minimum absolute atomic E-state index is 0.132. The van der Waals surface area contributed by atoms with Gasteiger partial charge in [0.05, 0.1) is 22.3 Å². The molecular weight excluding hydrogens is 325 g/mol. The molecule has 114 valence electrons. The molecule has 2 aromatic carbocycles. The normalized spacial score (nSPS) is 10.1. The second-order valence-electron chi connectivity index (χ2n) is 4.38. The van der Waals surface area contributed by atoms with Crippen LogP contribution in [0.15, 0.2) is 42.5 Å². The number of hydrogen-bond donors (Lipinski definition) is 3. The van der Waals surface area contributed by atoms with Crippen molar-refractivity contribution in [2.24, 2.45) is 5.73 Å². The maximum absolute atomic E-state index is 12.0. The Balaban J connectivity index is 2.12. The third kappa shape index (κ3) is 3.98. The molecule has 0 aromatic heterocycles. The van der Waals surface area contributed by atoms with Gasteiger partial charge in [-0.15, -0.1) is 0 Å². The van der Waals surface area contributed by atoms with E-state index >= 15 is 0 Å². The van der Waals surface area contributed by atoms with Crippen molar-refractivity contribution in [3.8, 4) is 0 Å². The maximum Gasteiger partial charge on any atom is 0.323 e. The van der Waals surface area contributed by atoms with E-state index in [1.165, 1.54) is 6.07 Å². The lowest BCUT2D eigenvalue weighted by molar-refractivity contribution is 0.100. The summed E-state index contributed by atoms with van der Waals surface area (Å²) in [5.41, 5.74) is 6.57. The first-order valence-corrected chi connectivity index (χ1v) is 7.12. The Morgan fingerprint density at radius 2 is 1.73 bits per heavy atom. The third-order valence-corrected chi connectivity index (χ3v) is 3.58. The van der Waals surface area contributed by atoms with Gasteiger partial charge in [-0.2, -0.15) is 0 Å². The molecule has 7 heteroatoms. The first-order valence-electron chi connectivity index (χ1n) is 6.36. The van der Waals surface area contributed by atoms with Gasteiger partial charge in [0.15, 0.2) is 5.78 Å². The zero-order valence-electron chi connectivity index (χ0n) is 11.4. The van der Waals surface area contributed by atoms with E-state index in [0.717, 1.165) is 0 Å². The number of urea groups is 1. The Labute approximate surface area is 137 Å². The van der Waals surface area contributed by atoms with E-state index in [1.54, 1.807) is 36.4 Å². The van der Waals surface area contributed by atoms with Crippen molar-refractivity contribution in [3.05, 3.63) is 58.1 Å². The Hall–Kier alpha value is -2.08. The van der Waals surface area contributed by atoms with Crippen molar-refractivity contribution in [2.75, 3.05) is 17.2 Å². The van der Waals surface area contributed by atoms with E-state index in [2.05, 4.69) is 10.6 Å². The molecule has 0 aliphatic heterocycles. The van der Waals surface area contributed by atoms with Gasteiger partial charge < -0.3 is 16.4 Å². The largest absolute Gasteiger partial charge is 0.324 e. The average molecular weight is 338 g/mol. The van der Waals surface area contributed by atoms with Gasteiger partial charge in [-0.05, 0) is 30.3 Å². The Kier molecular flexibility index (Phi) is 5.38. The molecule has 0 aliphatic carbocycles. The van der Waals surface area contributed by atoms with E-state index in [9.17, 15) is 9.59 Å². The van der Waals surface area contributed by atoms with E-state index in [-0.39, 0.29) is 12.3 Å². The number of nitrogens with one attached hydrogen (secondary N) is 2. The fraction of sp³-hybridized carbons (Fsp3) is 0.0667. The van der Waals surface area contributed by atoms with Crippen LogP contribution in [-0.2, 0) is 0 Å². The van der Waals surface area contributed by atoms with Crippen LogP contribution in [0.1, 0.15) is 10.4 Å². The predicted octanol–water partition coefficient (Wildman–Crippen LogP) is 3.78. The molecule has 22 heavy (non-hydrogen) atoms. The number of Topliss-reactive ketones (excluding diaryl/α,β-unsaturated/α-hetero) is 1. The lowest BCUT2D eigenvalue weighted by Gasteiger charge is -2.11. The summed E-state index contributed by atoms with van der Waals surface area (Å²) in [6.45, 7) is -0.132. The smallest absolute Gasteiger partial charge is 0.323 e. The van der Waals surface area contributed by atoms with Gasteiger partial charge in [0.25, 0.3) is 0 Å². The summed E-state index contributed by atoms with van der Waals surface area (Å²) in [6, 6.07) is 10.8. The number of amides is 2. The van der Waals surface area contributed by atoms with Gasteiger partial charge in [-0.25, -0.2) is 4.79 Å².